The molecule has 0 unspecified atom stereocenters. The summed E-state index contributed by atoms with van der Waals surface area (Å²) in [5.74, 6) is 0. The van der Waals surface area contributed by atoms with Crippen molar-refractivity contribution in [3.8, 4) is 0 Å². The summed E-state index contributed by atoms with van der Waals surface area (Å²) in [6, 6.07) is 8.19. The van der Waals surface area contributed by atoms with Crippen LogP contribution in [0.1, 0.15) is 5.56 Å². The van der Waals surface area contributed by atoms with Gasteiger partial charge in [-0.2, -0.15) is 24.6 Å². The second kappa shape index (κ2) is 5.69. The quantitative estimate of drug-likeness (QED) is 0.319. The molecule has 0 atom stereocenters. The van der Waals surface area contributed by atoms with Crippen molar-refractivity contribution in [1.29, 1.82) is 0 Å². The summed E-state index contributed by atoms with van der Waals surface area (Å²) < 4.78 is 0. The Kier molecular flexibility index (Phi) is 6.30. The van der Waals surface area contributed by atoms with Crippen LogP contribution in [0.5, 0.6) is 0 Å². The molecule has 0 bridgehead atoms. The van der Waals surface area contributed by atoms with Crippen molar-refractivity contribution in [2.75, 3.05) is 6.26 Å². The Morgan fingerprint density at radius 1 is 1.20 bits per heavy atom. The summed E-state index contributed by atoms with van der Waals surface area (Å²) in [6.45, 7) is 3.79. The van der Waals surface area contributed by atoms with E-state index in [-0.39, 0.29) is 51.4 Å². The van der Waals surface area contributed by atoms with Gasteiger partial charge in [0.1, 0.15) is 0 Å². The molecule has 0 radical (unpaired) electrons. The van der Waals surface area contributed by atoms with E-state index in [1.807, 2.05) is 12.1 Å². The van der Waals surface area contributed by atoms with E-state index < -0.39 is 0 Å². The Labute approximate surface area is 109 Å². The van der Waals surface area contributed by atoms with Gasteiger partial charge in [0.2, 0.25) is 0 Å². The number of thioether (sulfide) groups is 1. The van der Waals surface area contributed by atoms with Gasteiger partial charge in [-0.15, -0.1) is 23.9 Å². The smallest absolute Gasteiger partial charge is 0.199 e. The molecular weight excluding hydrogens is 167 g/mol. The second-order valence-electron chi connectivity index (χ2n) is 1.85. The third kappa shape index (κ3) is 3.46. The average Bonchev–Trinajstić information content (AvgIpc) is 1.90. The zero-order valence-corrected chi connectivity index (χ0v) is 10.4. The van der Waals surface area contributed by atoms with Crippen LogP contribution in [0.4, 0.5) is 0 Å². The Morgan fingerprint density at radius 3 is 2.10 bits per heavy atom. The zero-order chi connectivity index (χ0) is 6.69. The topological polar surface area (TPSA) is 0 Å². The van der Waals surface area contributed by atoms with Gasteiger partial charge in [0.15, 0.2) is 0 Å². The molecule has 0 spiro atoms. The Bertz CT molecular complexity index is 181. The summed E-state index contributed by atoms with van der Waals surface area (Å²) in [6.07, 6.45) is 2.07. The largest absolute Gasteiger partial charge is 1.00 e. The fourth-order valence-corrected chi connectivity index (χ4v) is 1.03. The molecule has 0 nitrogen and oxygen atoms in total. The molecule has 0 fully saturated rings. The average molecular weight is 176 g/mol. The summed E-state index contributed by atoms with van der Waals surface area (Å²) in [7, 11) is 0. The molecule has 1 rings (SSSR count). The molecular formula is C8H9KS. The minimum Gasteiger partial charge on any atom is -0.199 e. The monoisotopic (exact) mass is 176 g/mol. The SMILES string of the molecule is [CH2-]c1ccc(SC)cc1.[K+]. The third-order valence-corrected chi connectivity index (χ3v) is 1.90. The maximum Gasteiger partial charge on any atom is 1.00 e. The number of hydrogen-bond acceptors (Lipinski definition) is 1. The molecule has 2 heteroatoms. The van der Waals surface area contributed by atoms with Crippen molar-refractivity contribution in [2.24, 2.45) is 0 Å². The van der Waals surface area contributed by atoms with Crippen LogP contribution < -0.4 is 51.4 Å². The predicted molar refractivity (Wildman–Crippen MR) is 42.7 cm³/mol. The van der Waals surface area contributed by atoms with Crippen molar-refractivity contribution in [3.63, 3.8) is 0 Å². The van der Waals surface area contributed by atoms with Crippen LogP contribution in [0.3, 0.4) is 0 Å². The molecule has 10 heavy (non-hydrogen) atoms. The minimum absolute atomic E-state index is 0. The molecule has 0 saturated carbocycles. The molecule has 0 aliphatic carbocycles. The first kappa shape index (κ1) is 11.1. The first-order valence-electron chi connectivity index (χ1n) is 2.79. The molecule has 1 aromatic carbocycles. The Hall–Kier alpha value is 1.08. The maximum atomic E-state index is 3.79. The van der Waals surface area contributed by atoms with E-state index in [4.69, 9.17) is 0 Å². The van der Waals surface area contributed by atoms with E-state index in [1.54, 1.807) is 11.8 Å². The van der Waals surface area contributed by atoms with E-state index in [0.29, 0.717) is 0 Å². The van der Waals surface area contributed by atoms with Gasteiger partial charge in [0, 0.05) is 0 Å². The van der Waals surface area contributed by atoms with Crippen LogP contribution in [0, 0.1) is 6.92 Å². The van der Waals surface area contributed by atoms with Gasteiger partial charge >= 0.3 is 51.4 Å². The van der Waals surface area contributed by atoms with E-state index >= 15 is 0 Å². The van der Waals surface area contributed by atoms with Gasteiger partial charge in [-0.25, -0.2) is 0 Å². The van der Waals surface area contributed by atoms with Gasteiger partial charge in [-0.3, -0.25) is 0 Å². The van der Waals surface area contributed by atoms with Crippen LogP contribution in [0.2, 0.25) is 0 Å². The van der Waals surface area contributed by atoms with Crippen molar-refractivity contribution in [1.82, 2.24) is 0 Å². The van der Waals surface area contributed by atoms with Crippen molar-refractivity contribution in [3.05, 3.63) is 36.8 Å². The summed E-state index contributed by atoms with van der Waals surface area (Å²) >= 11 is 1.75. The summed E-state index contributed by atoms with van der Waals surface area (Å²) in [5.41, 5.74) is 1.08. The van der Waals surface area contributed by atoms with Crippen LogP contribution >= 0.6 is 11.8 Å². The molecule has 0 amide bonds. The summed E-state index contributed by atoms with van der Waals surface area (Å²) in [4.78, 5) is 1.29. The number of rotatable bonds is 1. The van der Waals surface area contributed by atoms with Gasteiger partial charge in [0.05, 0.1) is 0 Å². The molecule has 0 aliphatic rings. The Balaban J connectivity index is 0.000000810. The third-order valence-electron chi connectivity index (χ3n) is 1.16. The number of hydrogen-bond donors (Lipinski definition) is 0. The van der Waals surface area contributed by atoms with Crippen LogP contribution in [0.15, 0.2) is 29.2 Å². The maximum absolute atomic E-state index is 3.79. The van der Waals surface area contributed by atoms with Crippen molar-refractivity contribution >= 4 is 11.8 Å². The van der Waals surface area contributed by atoms with Gasteiger partial charge in [-0.1, -0.05) is 0 Å². The number of benzene rings is 1. The van der Waals surface area contributed by atoms with E-state index in [1.165, 1.54) is 4.90 Å². The van der Waals surface area contributed by atoms with Gasteiger partial charge in [-0.05, 0) is 11.2 Å². The minimum atomic E-state index is 0. The Morgan fingerprint density at radius 2 is 1.70 bits per heavy atom. The second-order valence-corrected chi connectivity index (χ2v) is 2.73. The van der Waals surface area contributed by atoms with E-state index in [0.717, 1.165) is 5.56 Å². The molecule has 1 aromatic rings. The normalized spacial score (nSPS) is 8.50. The molecule has 0 saturated heterocycles. The fraction of sp³-hybridized carbons (Fsp3) is 0.125. The first-order chi connectivity index (χ1) is 4.33. The zero-order valence-electron chi connectivity index (χ0n) is 6.42. The molecule has 0 N–H and O–H groups in total. The van der Waals surface area contributed by atoms with E-state index in [2.05, 4.69) is 25.3 Å². The molecule has 0 aromatic heterocycles. The van der Waals surface area contributed by atoms with E-state index in [9.17, 15) is 0 Å². The fourth-order valence-electron chi connectivity index (χ4n) is 0.626. The molecule has 48 valence electrons. The first-order valence-corrected chi connectivity index (χ1v) is 4.01. The standard InChI is InChI=1S/C8H9S.K/c1-7-3-5-8(9-2)6-4-7;/h3-6H,1H2,2H3;/q-1;+1. The van der Waals surface area contributed by atoms with Crippen LogP contribution in [0.25, 0.3) is 0 Å². The predicted octanol–water partition coefficient (Wildman–Crippen LogP) is -0.405. The summed E-state index contributed by atoms with van der Waals surface area (Å²) in [5, 5.41) is 0. The molecule has 0 heterocycles. The van der Waals surface area contributed by atoms with Crippen molar-refractivity contribution in [2.45, 2.75) is 4.90 Å². The van der Waals surface area contributed by atoms with Crippen LogP contribution in [-0.4, -0.2) is 6.26 Å². The molecule has 0 aliphatic heterocycles. The van der Waals surface area contributed by atoms with Crippen LogP contribution in [-0.2, 0) is 0 Å². The van der Waals surface area contributed by atoms with Gasteiger partial charge < -0.3 is 0 Å². The van der Waals surface area contributed by atoms with Gasteiger partial charge in [0.25, 0.3) is 0 Å². The van der Waals surface area contributed by atoms with Crippen molar-refractivity contribution < 1.29 is 51.4 Å².